The van der Waals surface area contributed by atoms with Gasteiger partial charge in [-0.05, 0) is 24.7 Å². The predicted octanol–water partition coefficient (Wildman–Crippen LogP) is 1.68. The van der Waals surface area contributed by atoms with Crippen LogP contribution in [0.1, 0.15) is 38.5 Å². The molecule has 3 aliphatic carbocycles. The van der Waals surface area contributed by atoms with Gasteiger partial charge in [0.05, 0.1) is 0 Å². The maximum Gasteiger partial charge on any atom is 0.0279 e. The normalized spacial score (nSPS) is 49.6. The van der Waals surface area contributed by atoms with Gasteiger partial charge in [0.15, 0.2) is 0 Å². The first-order valence-corrected chi connectivity index (χ1v) is 4.98. The molecule has 2 bridgehead atoms. The maximum atomic E-state index is 11.7. The van der Waals surface area contributed by atoms with Crippen LogP contribution in [0.2, 0.25) is 0 Å². The molecule has 0 unspecified atom stereocenters. The standard InChI is InChI=1S/C9H14ClO/c10-7-8-1-4-9(11,5-2-8)6-3-8/h1-7H2/q-1. The lowest BCUT2D eigenvalue weighted by molar-refractivity contribution is -0.497. The van der Waals surface area contributed by atoms with E-state index in [2.05, 4.69) is 0 Å². The quantitative estimate of drug-likeness (QED) is 0.554. The predicted molar refractivity (Wildman–Crippen MR) is 43.6 cm³/mol. The second-order valence-electron chi connectivity index (χ2n) is 4.32. The molecular weight excluding hydrogens is 160 g/mol. The van der Waals surface area contributed by atoms with Crippen molar-refractivity contribution < 1.29 is 5.11 Å². The molecular formula is C9H14ClO-. The number of hydrogen-bond acceptors (Lipinski definition) is 1. The number of fused-ring (bicyclic) bond motifs is 3. The summed E-state index contributed by atoms with van der Waals surface area (Å²) in [6.45, 7) is 0. The third kappa shape index (κ3) is 1.19. The second-order valence-corrected chi connectivity index (χ2v) is 4.58. The van der Waals surface area contributed by atoms with Crippen molar-refractivity contribution in [1.82, 2.24) is 0 Å². The first-order chi connectivity index (χ1) is 5.18. The summed E-state index contributed by atoms with van der Waals surface area (Å²) in [6.07, 6.45) is 5.87. The van der Waals surface area contributed by atoms with Crippen molar-refractivity contribution >= 4 is 11.6 Å². The number of halogens is 1. The Morgan fingerprint density at radius 1 is 1.00 bits per heavy atom. The summed E-state index contributed by atoms with van der Waals surface area (Å²) < 4.78 is 0. The van der Waals surface area contributed by atoms with Gasteiger partial charge in [-0.1, -0.05) is 19.3 Å². The molecule has 0 atom stereocenters. The molecule has 1 nitrogen and oxygen atoms in total. The van der Waals surface area contributed by atoms with Crippen LogP contribution in [-0.2, 0) is 0 Å². The fourth-order valence-corrected chi connectivity index (χ4v) is 2.83. The Bertz CT molecular complexity index is 142. The van der Waals surface area contributed by atoms with Gasteiger partial charge in [0.2, 0.25) is 0 Å². The molecule has 0 N–H and O–H groups in total. The van der Waals surface area contributed by atoms with Gasteiger partial charge in [0.25, 0.3) is 0 Å². The summed E-state index contributed by atoms with van der Waals surface area (Å²) >= 11 is 5.91. The summed E-state index contributed by atoms with van der Waals surface area (Å²) in [6, 6.07) is 0. The lowest BCUT2D eigenvalue weighted by atomic mass is 9.59. The summed E-state index contributed by atoms with van der Waals surface area (Å²) in [5.41, 5.74) is -0.179. The number of alkyl halides is 1. The largest absolute Gasteiger partial charge is 0.849 e. The highest BCUT2D eigenvalue weighted by molar-refractivity contribution is 6.18. The Kier molecular flexibility index (Phi) is 1.69. The van der Waals surface area contributed by atoms with E-state index in [1.165, 1.54) is 0 Å². The van der Waals surface area contributed by atoms with Gasteiger partial charge >= 0.3 is 0 Å². The topological polar surface area (TPSA) is 23.1 Å². The minimum Gasteiger partial charge on any atom is -0.849 e. The van der Waals surface area contributed by atoms with Crippen molar-refractivity contribution in [2.75, 3.05) is 5.88 Å². The van der Waals surface area contributed by atoms with E-state index in [0.29, 0.717) is 5.41 Å². The van der Waals surface area contributed by atoms with Crippen molar-refractivity contribution in [1.29, 1.82) is 0 Å². The van der Waals surface area contributed by atoms with Crippen LogP contribution >= 0.6 is 11.6 Å². The molecule has 64 valence electrons. The zero-order valence-corrected chi connectivity index (χ0v) is 7.49. The lowest BCUT2D eigenvalue weighted by Crippen LogP contribution is -2.54. The van der Waals surface area contributed by atoms with Crippen LogP contribution < -0.4 is 5.11 Å². The van der Waals surface area contributed by atoms with E-state index < -0.39 is 5.60 Å². The van der Waals surface area contributed by atoms with Crippen molar-refractivity contribution in [2.24, 2.45) is 5.41 Å². The highest BCUT2D eigenvalue weighted by atomic mass is 35.5. The zero-order valence-electron chi connectivity index (χ0n) is 6.74. The minimum atomic E-state index is -0.548. The average Bonchev–Trinajstić information content (AvgIpc) is 2.07. The second kappa shape index (κ2) is 2.37. The highest BCUT2D eigenvalue weighted by Gasteiger charge is 2.42. The molecule has 3 rings (SSSR count). The van der Waals surface area contributed by atoms with Gasteiger partial charge in [-0.2, -0.15) is 0 Å². The molecule has 0 spiro atoms. The molecule has 0 saturated heterocycles. The fraction of sp³-hybridized carbons (Fsp3) is 1.00. The van der Waals surface area contributed by atoms with Crippen molar-refractivity contribution in [3.8, 4) is 0 Å². The molecule has 0 aromatic heterocycles. The molecule has 0 heterocycles. The Hall–Kier alpha value is 0.250. The van der Waals surface area contributed by atoms with Crippen LogP contribution in [0.25, 0.3) is 0 Å². The van der Waals surface area contributed by atoms with Crippen LogP contribution in [0.4, 0.5) is 0 Å². The molecule has 0 amide bonds. The fourth-order valence-electron chi connectivity index (χ4n) is 2.43. The van der Waals surface area contributed by atoms with E-state index in [9.17, 15) is 5.11 Å². The van der Waals surface area contributed by atoms with Crippen LogP contribution in [0, 0.1) is 5.41 Å². The van der Waals surface area contributed by atoms with E-state index in [1.54, 1.807) is 0 Å². The molecule has 0 aromatic carbocycles. The van der Waals surface area contributed by atoms with Crippen LogP contribution in [0.15, 0.2) is 0 Å². The van der Waals surface area contributed by atoms with Gasteiger partial charge in [-0.25, -0.2) is 0 Å². The summed E-state index contributed by atoms with van der Waals surface area (Å²) in [5, 5.41) is 11.7. The Balaban J connectivity index is 2.12. The number of rotatable bonds is 1. The van der Waals surface area contributed by atoms with E-state index in [-0.39, 0.29) is 0 Å². The average molecular weight is 174 g/mol. The van der Waals surface area contributed by atoms with Crippen molar-refractivity contribution in [2.45, 2.75) is 44.1 Å². The molecule has 3 fully saturated rings. The van der Waals surface area contributed by atoms with Crippen molar-refractivity contribution in [3.05, 3.63) is 0 Å². The summed E-state index contributed by atoms with van der Waals surface area (Å²) in [7, 11) is 0. The van der Waals surface area contributed by atoms with E-state index in [0.717, 1.165) is 44.4 Å². The molecule has 3 saturated carbocycles. The molecule has 11 heavy (non-hydrogen) atoms. The summed E-state index contributed by atoms with van der Waals surface area (Å²) in [5.74, 6) is 0.767. The first-order valence-electron chi connectivity index (χ1n) is 4.45. The SMILES string of the molecule is [O-]C12CCC(CCl)(CC1)CC2. The third-order valence-corrected chi connectivity index (χ3v) is 4.18. The van der Waals surface area contributed by atoms with Crippen LogP contribution in [-0.4, -0.2) is 11.5 Å². The molecule has 3 aliphatic rings. The van der Waals surface area contributed by atoms with Gasteiger partial charge in [0.1, 0.15) is 0 Å². The van der Waals surface area contributed by atoms with Crippen LogP contribution in [0.3, 0.4) is 0 Å². The smallest absolute Gasteiger partial charge is 0.0279 e. The molecule has 0 aliphatic heterocycles. The van der Waals surface area contributed by atoms with Crippen LogP contribution in [0.5, 0.6) is 0 Å². The van der Waals surface area contributed by atoms with Gasteiger partial charge in [-0.15, -0.1) is 17.2 Å². The van der Waals surface area contributed by atoms with Gasteiger partial charge < -0.3 is 5.11 Å². The zero-order chi connectivity index (χ0) is 7.95. The lowest BCUT2D eigenvalue weighted by Gasteiger charge is -2.57. The Morgan fingerprint density at radius 2 is 1.45 bits per heavy atom. The monoisotopic (exact) mass is 173 g/mol. The Morgan fingerprint density at radius 3 is 1.82 bits per heavy atom. The van der Waals surface area contributed by atoms with E-state index in [1.807, 2.05) is 0 Å². The van der Waals surface area contributed by atoms with Gasteiger partial charge in [-0.3, -0.25) is 0 Å². The third-order valence-electron chi connectivity index (χ3n) is 3.62. The van der Waals surface area contributed by atoms with E-state index >= 15 is 0 Å². The van der Waals surface area contributed by atoms with Crippen molar-refractivity contribution in [3.63, 3.8) is 0 Å². The first kappa shape index (κ1) is 7.88. The molecule has 0 aromatic rings. The summed E-state index contributed by atoms with van der Waals surface area (Å²) in [4.78, 5) is 0. The molecule has 2 heteroatoms. The highest BCUT2D eigenvalue weighted by Crippen LogP contribution is 2.51. The maximum absolute atomic E-state index is 11.7. The van der Waals surface area contributed by atoms with Gasteiger partial charge in [0, 0.05) is 5.88 Å². The number of hydrogen-bond donors (Lipinski definition) is 0. The minimum absolute atomic E-state index is 0.369. The Labute approximate surface area is 72.7 Å². The molecule has 0 radical (unpaired) electrons. The van der Waals surface area contributed by atoms with E-state index in [4.69, 9.17) is 11.6 Å².